The van der Waals surface area contributed by atoms with Crippen molar-refractivity contribution in [3.8, 4) is 0 Å². The molecule has 1 aromatic rings. The highest BCUT2D eigenvalue weighted by atomic mass is 32.2. The van der Waals surface area contributed by atoms with Crippen molar-refractivity contribution in [3.63, 3.8) is 0 Å². The van der Waals surface area contributed by atoms with Gasteiger partial charge >= 0.3 is 0 Å². The summed E-state index contributed by atoms with van der Waals surface area (Å²) in [6.45, 7) is 0. The van der Waals surface area contributed by atoms with Crippen molar-refractivity contribution in [2.75, 3.05) is 5.75 Å². The minimum atomic E-state index is -2.58. The quantitative estimate of drug-likeness (QED) is 0.482. The van der Waals surface area contributed by atoms with Gasteiger partial charge in [-0.05, 0) is 0 Å². The second kappa shape index (κ2) is 4.54. The third-order valence-electron chi connectivity index (χ3n) is 1.88. The first-order valence-electron chi connectivity index (χ1n) is 4.14. The first-order chi connectivity index (χ1) is 6.52. The summed E-state index contributed by atoms with van der Waals surface area (Å²) in [4.78, 5) is 0. The molecule has 2 N–H and O–H groups in total. The Morgan fingerprint density at radius 3 is 2.21 bits per heavy atom. The van der Waals surface area contributed by atoms with Crippen molar-refractivity contribution in [3.05, 3.63) is 35.9 Å². The molecule has 0 aromatic heterocycles. The molecule has 78 valence electrons. The van der Waals surface area contributed by atoms with E-state index < -0.39 is 16.5 Å². The molecule has 0 aliphatic heterocycles. The zero-order valence-corrected chi connectivity index (χ0v) is 8.35. The Hall–Kier alpha value is -0.910. The van der Waals surface area contributed by atoms with E-state index in [0.717, 1.165) is 0 Å². The third kappa shape index (κ3) is 3.10. The van der Waals surface area contributed by atoms with E-state index in [2.05, 4.69) is 0 Å². The second-order valence-electron chi connectivity index (χ2n) is 2.99. The molecular weight excluding hydrogens is 204 g/mol. The Morgan fingerprint density at radius 1 is 1.14 bits per heavy atom. The molecule has 1 aromatic carbocycles. The van der Waals surface area contributed by atoms with Crippen LogP contribution in [0.3, 0.4) is 0 Å². The van der Waals surface area contributed by atoms with Crippen molar-refractivity contribution in [1.82, 2.24) is 0 Å². The Labute approximate surface area is 83.8 Å². The summed E-state index contributed by atoms with van der Waals surface area (Å²) in [5.41, 5.74) is 0.303. The van der Waals surface area contributed by atoms with E-state index >= 15 is 0 Å². The van der Waals surface area contributed by atoms with Crippen molar-refractivity contribution in [2.45, 2.75) is 12.2 Å². The molecule has 0 atom stereocenters. The molecular formula is C9H12O4S. The average molecular weight is 216 g/mol. The van der Waals surface area contributed by atoms with E-state index in [1.165, 1.54) is 12.1 Å². The normalized spacial score (nSPS) is 11.9. The molecule has 0 amide bonds. The lowest BCUT2D eigenvalue weighted by Crippen LogP contribution is -2.26. The highest BCUT2D eigenvalue weighted by Crippen LogP contribution is 2.20. The van der Waals surface area contributed by atoms with Crippen LogP contribution in [0.2, 0.25) is 0 Å². The number of hydrogen-bond donors (Lipinski definition) is 3. The molecule has 0 aliphatic rings. The summed E-state index contributed by atoms with van der Waals surface area (Å²) in [5, 5.41) is 19.0. The molecule has 0 fully saturated rings. The standard InChI is InChI=1S/C9H12O4S/c10-9(11,6-7-14(12)13)8-4-2-1-3-5-8/h1-5,10-11,14H,6-7H2. The van der Waals surface area contributed by atoms with Crippen molar-refractivity contribution >= 4 is 10.7 Å². The molecule has 0 unspecified atom stereocenters. The maximum absolute atomic E-state index is 10.3. The minimum absolute atomic E-state index is 0.213. The number of hydrogen-bond acceptors (Lipinski definition) is 4. The molecule has 4 nitrogen and oxygen atoms in total. The van der Waals surface area contributed by atoms with Gasteiger partial charge in [0.25, 0.3) is 0 Å². The van der Waals surface area contributed by atoms with Gasteiger partial charge in [0.2, 0.25) is 0 Å². The van der Waals surface area contributed by atoms with E-state index in [9.17, 15) is 18.6 Å². The van der Waals surface area contributed by atoms with Gasteiger partial charge in [-0.25, -0.2) is 8.42 Å². The first kappa shape index (κ1) is 11.2. The van der Waals surface area contributed by atoms with Crippen LogP contribution in [0.1, 0.15) is 12.0 Å². The van der Waals surface area contributed by atoms with Crippen LogP contribution in [0.5, 0.6) is 0 Å². The molecule has 0 bridgehead atoms. The summed E-state index contributed by atoms with van der Waals surface area (Å²) in [7, 11) is -2.58. The van der Waals surface area contributed by atoms with Crippen LogP contribution in [0.4, 0.5) is 0 Å². The predicted molar refractivity (Wildman–Crippen MR) is 52.4 cm³/mol. The summed E-state index contributed by atoms with van der Waals surface area (Å²) in [6, 6.07) is 8.14. The zero-order chi connectivity index (χ0) is 10.6. The molecule has 1 rings (SSSR count). The van der Waals surface area contributed by atoms with E-state index in [4.69, 9.17) is 0 Å². The first-order valence-corrected chi connectivity index (χ1v) is 5.51. The van der Waals surface area contributed by atoms with Crippen LogP contribution >= 0.6 is 0 Å². The maximum Gasteiger partial charge on any atom is 0.190 e. The van der Waals surface area contributed by atoms with Crippen molar-refractivity contribution < 1.29 is 18.6 Å². The molecule has 0 saturated heterocycles. The van der Waals surface area contributed by atoms with E-state index in [1.807, 2.05) is 0 Å². The van der Waals surface area contributed by atoms with Crippen LogP contribution in [-0.2, 0) is 16.5 Å². The molecule has 0 spiro atoms. The Bertz CT molecular complexity index is 348. The third-order valence-corrected chi connectivity index (χ3v) is 2.47. The van der Waals surface area contributed by atoms with E-state index in [0.29, 0.717) is 5.56 Å². The minimum Gasteiger partial charge on any atom is -0.362 e. The van der Waals surface area contributed by atoms with E-state index in [1.54, 1.807) is 18.2 Å². The monoisotopic (exact) mass is 216 g/mol. The molecule has 0 aliphatic carbocycles. The Kier molecular flexibility index (Phi) is 3.62. The SMILES string of the molecule is O=[SH](=O)CCC(O)(O)c1ccccc1. The van der Waals surface area contributed by atoms with Crippen molar-refractivity contribution in [2.24, 2.45) is 0 Å². The van der Waals surface area contributed by atoms with Gasteiger partial charge in [-0.2, -0.15) is 0 Å². The highest BCUT2D eigenvalue weighted by Gasteiger charge is 2.25. The van der Waals surface area contributed by atoms with Crippen LogP contribution < -0.4 is 0 Å². The summed E-state index contributed by atoms with van der Waals surface area (Å²) >= 11 is 0. The van der Waals surface area contributed by atoms with Crippen LogP contribution in [-0.4, -0.2) is 24.4 Å². The van der Waals surface area contributed by atoms with Gasteiger partial charge in [0.05, 0.1) is 5.75 Å². The number of rotatable bonds is 4. The molecule has 0 heterocycles. The lowest BCUT2D eigenvalue weighted by atomic mass is 10.0. The van der Waals surface area contributed by atoms with Gasteiger partial charge < -0.3 is 10.2 Å². The fourth-order valence-corrected chi connectivity index (χ4v) is 1.59. The predicted octanol–water partition coefficient (Wildman–Crippen LogP) is -0.175. The van der Waals surface area contributed by atoms with Gasteiger partial charge in [-0.15, -0.1) is 0 Å². The molecule has 0 radical (unpaired) electrons. The fourth-order valence-electron chi connectivity index (χ4n) is 1.10. The number of benzene rings is 1. The topological polar surface area (TPSA) is 74.6 Å². The highest BCUT2D eigenvalue weighted by molar-refractivity contribution is 7.72. The Balaban J connectivity index is 2.75. The van der Waals surface area contributed by atoms with Crippen LogP contribution in [0.25, 0.3) is 0 Å². The van der Waals surface area contributed by atoms with Crippen LogP contribution in [0.15, 0.2) is 30.3 Å². The van der Waals surface area contributed by atoms with Gasteiger partial charge in [-0.3, -0.25) is 0 Å². The van der Waals surface area contributed by atoms with Gasteiger partial charge in [0.15, 0.2) is 5.79 Å². The van der Waals surface area contributed by atoms with Gasteiger partial charge in [0, 0.05) is 12.0 Å². The molecule has 5 heteroatoms. The molecule has 14 heavy (non-hydrogen) atoms. The van der Waals surface area contributed by atoms with Crippen molar-refractivity contribution in [1.29, 1.82) is 0 Å². The van der Waals surface area contributed by atoms with Gasteiger partial charge in [-0.1, -0.05) is 30.3 Å². The van der Waals surface area contributed by atoms with E-state index in [-0.39, 0.29) is 12.2 Å². The maximum atomic E-state index is 10.3. The zero-order valence-electron chi connectivity index (χ0n) is 7.46. The smallest absolute Gasteiger partial charge is 0.190 e. The number of aliphatic hydroxyl groups is 2. The number of thiol groups is 1. The summed E-state index contributed by atoms with van der Waals surface area (Å²) in [6.07, 6.45) is -0.213. The fraction of sp³-hybridized carbons (Fsp3) is 0.333. The molecule has 0 saturated carbocycles. The lowest BCUT2D eigenvalue weighted by Gasteiger charge is -2.20. The largest absolute Gasteiger partial charge is 0.362 e. The van der Waals surface area contributed by atoms with Gasteiger partial charge in [0.1, 0.15) is 10.7 Å². The van der Waals surface area contributed by atoms with Crippen LogP contribution in [0, 0.1) is 0 Å². The second-order valence-corrected chi connectivity index (χ2v) is 4.10. The summed E-state index contributed by atoms with van der Waals surface area (Å²) < 4.78 is 20.6. The Morgan fingerprint density at radius 2 is 1.71 bits per heavy atom. The summed E-state index contributed by atoms with van der Waals surface area (Å²) in [5.74, 6) is -2.30. The lowest BCUT2D eigenvalue weighted by molar-refractivity contribution is -0.170. The average Bonchev–Trinajstić information content (AvgIpc) is 2.16.